The van der Waals surface area contributed by atoms with Gasteiger partial charge < -0.3 is 4.98 Å². The van der Waals surface area contributed by atoms with Crippen LogP contribution in [0.1, 0.15) is 24.0 Å². The monoisotopic (exact) mass is 312 g/mol. The molecule has 0 saturated heterocycles. The van der Waals surface area contributed by atoms with Crippen LogP contribution in [0.2, 0.25) is 0 Å². The van der Waals surface area contributed by atoms with E-state index in [-0.39, 0.29) is 0 Å². The molecule has 4 aromatic rings. The third-order valence-corrected chi connectivity index (χ3v) is 5.04. The van der Waals surface area contributed by atoms with Crippen LogP contribution in [0.3, 0.4) is 0 Å². The molecule has 4 nitrogen and oxygen atoms in total. The van der Waals surface area contributed by atoms with Gasteiger partial charge in [0.1, 0.15) is 11.5 Å². The molecular formula is C20H16N4. The van der Waals surface area contributed by atoms with Gasteiger partial charge >= 0.3 is 0 Å². The number of benzene rings is 1. The van der Waals surface area contributed by atoms with Gasteiger partial charge in [-0.2, -0.15) is 0 Å². The molecule has 0 saturated carbocycles. The first-order valence-corrected chi connectivity index (χ1v) is 8.33. The van der Waals surface area contributed by atoms with Gasteiger partial charge in [0, 0.05) is 17.8 Å². The third kappa shape index (κ3) is 1.75. The lowest BCUT2D eigenvalue weighted by Crippen LogP contribution is -2.04. The minimum atomic E-state index is 0.666. The average Bonchev–Trinajstić information content (AvgIpc) is 3.20. The van der Waals surface area contributed by atoms with Crippen LogP contribution in [-0.4, -0.2) is 14.5 Å². The predicted molar refractivity (Wildman–Crippen MR) is 95.8 cm³/mol. The number of pyridine rings is 1. The quantitative estimate of drug-likeness (QED) is 0.497. The first kappa shape index (κ1) is 13.4. The molecule has 3 aromatic heterocycles. The zero-order valence-electron chi connectivity index (χ0n) is 13.2. The number of fused-ring (bicyclic) bond motifs is 4. The summed E-state index contributed by atoms with van der Waals surface area (Å²) in [6.45, 7) is 7.29. The van der Waals surface area contributed by atoms with Gasteiger partial charge in [0.15, 0.2) is 5.69 Å². The molecule has 3 heterocycles. The van der Waals surface area contributed by atoms with Gasteiger partial charge in [-0.25, -0.2) is 9.83 Å². The zero-order chi connectivity index (χ0) is 16.1. The Labute approximate surface area is 139 Å². The molecule has 5 rings (SSSR count). The van der Waals surface area contributed by atoms with E-state index in [0.29, 0.717) is 5.69 Å². The second-order valence-electron chi connectivity index (χ2n) is 6.37. The first-order chi connectivity index (χ1) is 11.9. The van der Waals surface area contributed by atoms with Crippen LogP contribution in [0.15, 0.2) is 42.7 Å². The van der Waals surface area contributed by atoms with Crippen molar-refractivity contribution in [3.8, 4) is 5.82 Å². The van der Waals surface area contributed by atoms with Gasteiger partial charge in [0.05, 0.1) is 12.1 Å². The fraction of sp³-hybridized carbons (Fsp3) is 0.200. The van der Waals surface area contributed by atoms with Crippen LogP contribution in [0, 0.1) is 6.57 Å². The van der Waals surface area contributed by atoms with Crippen LogP contribution < -0.4 is 0 Å². The Morgan fingerprint density at radius 1 is 1.12 bits per heavy atom. The summed E-state index contributed by atoms with van der Waals surface area (Å²) in [5, 5.41) is 2.18. The second-order valence-corrected chi connectivity index (χ2v) is 6.37. The molecule has 0 unspecified atom stereocenters. The van der Waals surface area contributed by atoms with Crippen molar-refractivity contribution in [2.24, 2.45) is 0 Å². The number of nitrogens with zero attached hydrogens (tertiary/aromatic N) is 3. The maximum absolute atomic E-state index is 7.29. The van der Waals surface area contributed by atoms with E-state index in [0.717, 1.165) is 40.6 Å². The molecule has 4 heteroatoms. The van der Waals surface area contributed by atoms with Crippen LogP contribution in [0.4, 0.5) is 5.69 Å². The summed E-state index contributed by atoms with van der Waals surface area (Å²) in [5.74, 6) is 1.14. The maximum atomic E-state index is 7.29. The predicted octanol–water partition coefficient (Wildman–Crippen LogP) is 4.94. The molecule has 0 spiro atoms. The minimum Gasteiger partial charge on any atom is -0.347 e. The van der Waals surface area contributed by atoms with Crippen LogP contribution >= 0.6 is 0 Å². The summed E-state index contributed by atoms with van der Waals surface area (Å²) >= 11 is 0. The summed E-state index contributed by atoms with van der Waals surface area (Å²) in [6.07, 6.45) is 8.76. The topological polar surface area (TPSA) is 38.0 Å². The van der Waals surface area contributed by atoms with E-state index < -0.39 is 0 Å². The normalized spacial score (nSPS) is 14.0. The number of aromatic amines is 1. The van der Waals surface area contributed by atoms with Crippen molar-refractivity contribution < 1.29 is 0 Å². The van der Waals surface area contributed by atoms with Crippen LogP contribution in [-0.2, 0) is 12.8 Å². The summed E-state index contributed by atoms with van der Waals surface area (Å²) in [4.78, 5) is 11.7. The van der Waals surface area contributed by atoms with E-state index in [9.17, 15) is 0 Å². The molecule has 1 aliphatic carbocycles. The highest BCUT2D eigenvalue weighted by Gasteiger charge is 2.20. The molecule has 0 aliphatic heterocycles. The van der Waals surface area contributed by atoms with Crippen molar-refractivity contribution in [1.29, 1.82) is 0 Å². The molecule has 0 radical (unpaired) electrons. The highest BCUT2D eigenvalue weighted by atomic mass is 15.1. The van der Waals surface area contributed by atoms with Crippen molar-refractivity contribution in [2.75, 3.05) is 0 Å². The van der Waals surface area contributed by atoms with Gasteiger partial charge in [-0.15, -0.1) is 0 Å². The summed E-state index contributed by atoms with van der Waals surface area (Å²) in [5.41, 5.74) is 5.56. The lowest BCUT2D eigenvalue weighted by atomic mass is 9.95. The molecule has 0 amide bonds. The van der Waals surface area contributed by atoms with Gasteiger partial charge in [-0.3, -0.25) is 4.57 Å². The number of aryl methyl sites for hydroxylation is 1. The largest absolute Gasteiger partial charge is 0.347 e. The zero-order valence-corrected chi connectivity index (χ0v) is 13.2. The molecule has 116 valence electrons. The van der Waals surface area contributed by atoms with E-state index in [1.807, 2.05) is 30.5 Å². The van der Waals surface area contributed by atoms with Crippen molar-refractivity contribution in [1.82, 2.24) is 14.5 Å². The minimum absolute atomic E-state index is 0.666. The highest BCUT2D eigenvalue weighted by molar-refractivity contribution is 6.08. The van der Waals surface area contributed by atoms with Crippen molar-refractivity contribution >= 4 is 27.6 Å². The molecular weight excluding hydrogens is 296 g/mol. The number of H-pyrrole nitrogens is 1. The van der Waals surface area contributed by atoms with Gasteiger partial charge in [-0.05, 0) is 66.5 Å². The Morgan fingerprint density at radius 3 is 2.96 bits per heavy atom. The maximum Gasteiger partial charge on any atom is 0.188 e. The Balaban J connectivity index is 1.91. The van der Waals surface area contributed by atoms with E-state index in [2.05, 4.69) is 31.6 Å². The number of hydrogen-bond donors (Lipinski definition) is 1. The summed E-state index contributed by atoms with van der Waals surface area (Å²) < 4.78 is 2.22. The number of nitrogens with one attached hydrogen (secondary N) is 1. The smallest absolute Gasteiger partial charge is 0.188 e. The van der Waals surface area contributed by atoms with Crippen molar-refractivity contribution in [2.45, 2.75) is 25.7 Å². The Hall–Kier alpha value is -3.06. The number of rotatable bonds is 1. The molecule has 0 fully saturated rings. The van der Waals surface area contributed by atoms with Crippen molar-refractivity contribution in [3.05, 3.63) is 65.3 Å². The molecule has 24 heavy (non-hydrogen) atoms. The van der Waals surface area contributed by atoms with E-state index in [1.165, 1.54) is 24.0 Å². The van der Waals surface area contributed by atoms with Gasteiger partial charge in [0.25, 0.3) is 0 Å². The van der Waals surface area contributed by atoms with Gasteiger partial charge in [0.2, 0.25) is 0 Å². The summed E-state index contributed by atoms with van der Waals surface area (Å²) in [7, 11) is 0. The first-order valence-electron chi connectivity index (χ1n) is 8.33. The lowest BCUT2D eigenvalue weighted by Gasteiger charge is -2.14. The van der Waals surface area contributed by atoms with Gasteiger partial charge in [-0.1, -0.05) is 6.07 Å². The average molecular weight is 312 g/mol. The third-order valence-electron chi connectivity index (χ3n) is 5.04. The Bertz CT molecular complexity index is 1120. The fourth-order valence-corrected chi connectivity index (χ4v) is 3.93. The fourth-order valence-electron chi connectivity index (χ4n) is 3.93. The second kappa shape index (κ2) is 4.97. The van der Waals surface area contributed by atoms with E-state index in [1.54, 1.807) is 0 Å². The summed E-state index contributed by atoms with van der Waals surface area (Å²) in [6, 6.07) is 9.95. The van der Waals surface area contributed by atoms with Crippen molar-refractivity contribution in [3.63, 3.8) is 0 Å². The Morgan fingerprint density at radius 2 is 2.04 bits per heavy atom. The molecule has 1 aliphatic rings. The van der Waals surface area contributed by atoms with E-state index >= 15 is 0 Å². The lowest BCUT2D eigenvalue weighted by molar-refractivity contribution is 0.688. The molecule has 1 aromatic carbocycles. The molecule has 0 bridgehead atoms. The Kier molecular flexibility index (Phi) is 2.77. The van der Waals surface area contributed by atoms with Crippen LogP contribution in [0.5, 0.6) is 0 Å². The molecule has 0 atom stereocenters. The highest BCUT2D eigenvalue weighted by Crippen LogP contribution is 2.35. The van der Waals surface area contributed by atoms with Crippen LogP contribution in [0.25, 0.3) is 32.6 Å². The number of hydrogen-bond acceptors (Lipinski definition) is 1. The molecule has 1 N–H and O–H groups in total. The number of aromatic nitrogens is 3. The SMILES string of the molecule is [C-]#[N+]c1ccc2c(c1)c1cccnc1n2-c1[nH]cc2c1CCCC2. The standard InChI is InChI=1S/C20H16N4/c1-21-14-8-9-18-17(11-14)16-7-4-10-22-20(16)24(18)19-15-6-3-2-5-13(15)12-23-19/h4,7-12,23H,2-3,5-6H2. The van der Waals surface area contributed by atoms with E-state index in [4.69, 9.17) is 6.57 Å².